The Labute approximate surface area is 99.9 Å². The molecule has 94 valence electrons. The highest BCUT2D eigenvalue weighted by atomic mass is 19.2. The standard InChI is InChI=1S/C13H17F2NO/c1-2-6-16-7-5-12(17)13(16)9-3-4-10(14)11(15)8-9/h3-4,8,12-13,17H,2,5-7H2,1H3. The molecule has 1 aromatic rings. The predicted octanol–water partition coefficient (Wildman–Crippen LogP) is 2.48. The van der Waals surface area contributed by atoms with E-state index in [1.807, 2.05) is 0 Å². The number of likely N-dealkylation sites (tertiary alicyclic amines) is 1. The molecular weight excluding hydrogens is 224 g/mol. The third kappa shape index (κ3) is 2.48. The quantitative estimate of drug-likeness (QED) is 0.878. The lowest BCUT2D eigenvalue weighted by molar-refractivity contribution is 0.116. The normalized spacial score (nSPS) is 25.4. The van der Waals surface area contributed by atoms with E-state index in [0.717, 1.165) is 25.6 Å². The predicted molar refractivity (Wildman–Crippen MR) is 61.6 cm³/mol. The molecule has 2 rings (SSSR count). The zero-order valence-electron chi connectivity index (χ0n) is 9.87. The molecule has 0 bridgehead atoms. The van der Waals surface area contributed by atoms with E-state index in [0.29, 0.717) is 12.0 Å². The smallest absolute Gasteiger partial charge is 0.159 e. The molecule has 0 radical (unpaired) electrons. The van der Waals surface area contributed by atoms with Gasteiger partial charge in [0.2, 0.25) is 0 Å². The zero-order chi connectivity index (χ0) is 12.4. The topological polar surface area (TPSA) is 23.5 Å². The van der Waals surface area contributed by atoms with Crippen LogP contribution in [0.5, 0.6) is 0 Å². The number of aliphatic hydroxyl groups excluding tert-OH is 1. The van der Waals surface area contributed by atoms with Crippen LogP contribution in [0.3, 0.4) is 0 Å². The Kier molecular flexibility index (Phi) is 3.74. The van der Waals surface area contributed by atoms with Gasteiger partial charge in [0, 0.05) is 6.54 Å². The number of hydrogen-bond donors (Lipinski definition) is 1. The minimum atomic E-state index is -0.849. The summed E-state index contributed by atoms with van der Waals surface area (Å²) < 4.78 is 26.1. The Morgan fingerprint density at radius 3 is 2.76 bits per heavy atom. The first-order valence-corrected chi connectivity index (χ1v) is 6.00. The van der Waals surface area contributed by atoms with Gasteiger partial charge in [0.05, 0.1) is 12.1 Å². The van der Waals surface area contributed by atoms with Gasteiger partial charge in [0.15, 0.2) is 11.6 Å². The summed E-state index contributed by atoms with van der Waals surface area (Å²) in [6.45, 7) is 3.73. The first-order chi connectivity index (χ1) is 8.13. The van der Waals surface area contributed by atoms with Gasteiger partial charge in [-0.1, -0.05) is 13.0 Å². The summed E-state index contributed by atoms with van der Waals surface area (Å²) in [5.74, 6) is -1.69. The molecule has 0 aromatic heterocycles. The Hall–Kier alpha value is -1.00. The molecule has 4 heteroatoms. The molecule has 1 saturated heterocycles. The molecule has 1 aromatic carbocycles. The largest absolute Gasteiger partial charge is 0.391 e. The summed E-state index contributed by atoms with van der Waals surface area (Å²) in [5.41, 5.74) is 0.655. The van der Waals surface area contributed by atoms with Crippen LogP contribution in [-0.2, 0) is 0 Å². The highest BCUT2D eigenvalue weighted by Crippen LogP contribution is 2.32. The molecule has 1 fully saturated rings. The van der Waals surface area contributed by atoms with Crippen molar-refractivity contribution in [2.75, 3.05) is 13.1 Å². The second-order valence-electron chi connectivity index (χ2n) is 4.51. The Balaban J connectivity index is 2.26. The van der Waals surface area contributed by atoms with Crippen LogP contribution in [0.2, 0.25) is 0 Å². The summed E-state index contributed by atoms with van der Waals surface area (Å²) in [6, 6.07) is 3.67. The molecule has 0 aliphatic carbocycles. The van der Waals surface area contributed by atoms with E-state index in [1.165, 1.54) is 6.07 Å². The van der Waals surface area contributed by atoms with Crippen LogP contribution in [0.15, 0.2) is 18.2 Å². The maximum atomic E-state index is 13.2. The summed E-state index contributed by atoms with van der Waals surface area (Å²) in [7, 11) is 0. The van der Waals surface area contributed by atoms with Crippen LogP contribution in [0.1, 0.15) is 31.4 Å². The zero-order valence-corrected chi connectivity index (χ0v) is 9.87. The van der Waals surface area contributed by atoms with E-state index in [-0.39, 0.29) is 6.04 Å². The maximum Gasteiger partial charge on any atom is 0.159 e. The van der Waals surface area contributed by atoms with Crippen molar-refractivity contribution in [2.45, 2.75) is 31.9 Å². The van der Waals surface area contributed by atoms with E-state index >= 15 is 0 Å². The van der Waals surface area contributed by atoms with Gasteiger partial charge in [-0.15, -0.1) is 0 Å². The van der Waals surface area contributed by atoms with Crippen molar-refractivity contribution in [1.82, 2.24) is 4.90 Å². The summed E-state index contributed by atoms with van der Waals surface area (Å²) in [6.07, 6.45) is 1.17. The van der Waals surface area contributed by atoms with Crippen molar-refractivity contribution in [3.63, 3.8) is 0 Å². The average molecular weight is 241 g/mol. The number of benzene rings is 1. The molecular formula is C13H17F2NO. The third-order valence-corrected chi connectivity index (χ3v) is 3.27. The number of halogens is 2. The molecule has 17 heavy (non-hydrogen) atoms. The van der Waals surface area contributed by atoms with Crippen LogP contribution in [0.25, 0.3) is 0 Å². The summed E-state index contributed by atoms with van der Waals surface area (Å²) >= 11 is 0. The van der Waals surface area contributed by atoms with Gasteiger partial charge < -0.3 is 5.11 Å². The molecule has 0 saturated carbocycles. The van der Waals surface area contributed by atoms with Gasteiger partial charge in [0.1, 0.15) is 0 Å². The van der Waals surface area contributed by atoms with Crippen molar-refractivity contribution in [3.05, 3.63) is 35.4 Å². The van der Waals surface area contributed by atoms with Gasteiger partial charge in [-0.3, -0.25) is 4.90 Å². The van der Waals surface area contributed by atoms with Crippen molar-refractivity contribution >= 4 is 0 Å². The summed E-state index contributed by atoms with van der Waals surface area (Å²) in [4.78, 5) is 2.12. The molecule has 2 nitrogen and oxygen atoms in total. The molecule has 0 spiro atoms. The number of aliphatic hydroxyl groups is 1. The molecule has 2 atom stereocenters. The highest BCUT2D eigenvalue weighted by Gasteiger charge is 2.33. The van der Waals surface area contributed by atoms with Gasteiger partial charge in [-0.05, 0) is 37.1 Å². The van der Waals surface area contributed by atoms with Crippen LogP contribution in [-0.4, -0.2) is 29.2 Å². The molecule has 1 heterocycles. The second-order valence-corrected chi connectivity index (χ2v) is 4.51. The van der Waals surface area contributed by atoms with E-state index < -0.39 is 17.7 Å². The lowest BCUT2D eigenvalue weighted by Crippen LogP contribution is -2.28. The van der Waals surface area contributed by atoms with Crippen molar-refractivity contribution in [1.29, 1.82) is 0 Å². The van der Waals surface area contributed by atoms with Crippen LogP contribution in [0, 0.1) is 11.6 Å². The second kappa shape index (κ2) is 5.10. The van der Waals surface area contributed by atoms with Gasteiger partial charge in [0.25, 0.3) is 0 Å². The Bertz CT molecular complexity index is 395. The lowest BCUT2D eigenvalue weighted by Gasteiger charge is -2.26. The first-order valence-electron chi connectivity index (χ1n) is 6.00. The number of rotatable bonds is 3. The minimum Gasteiger partial charge on any atom is -0.391 e. The lowest BCUT2D eigenvalue weighted by atomic mass is 10.0. The fraction of sp³-hybridized carbons (Fsp3) is 0.538. The molecule has 0 amide bonds. The number of hydrogen-bond acceptors (Lipinski definition) is 2. The highest BCUT2D eigenvalue weighted by molar-refractivity contribution is 5.23. The summed E-state index contributed by atoms with van der Waals surface area (Å²) in [5, 5.41) is 9.94. The van der Waals surface area contributed by atoms with Crippen molar-refractivity contribution in [2.24, 2.45) is 0 Å². The maximum absolute atomic E-state index is 13.2. The Morgan fingerprint density at radius 2 is 2.12 bits per heavy atom. The third-order valence-electron chi connectivity index (χ3n) is 3.27. The fourth-order valence-electron chi connectivity index (χ4n) is 2.51. The molecule has 1 N–H and O–H groups in total. The van der Waals surface area contributed by atoms with Crippen LogP contribution >= 0.6 is 0 Å². The first kappa shape index (κ1) is 12.5. The molecule has 1 aliphatic heterocycles. The van der Waals surface area contributed by atoms with Gasteiger partial charge in [-0.25, -0.2) is 8.78 Å². The average Bonchev–Trinajstić information content (AvgIpc) is 2.65. The van der Waals surface area contributed by atoms with Crippen LogP contribution < -0.4 is 0 Å². The van der Waals surface area contributed by atoms with Crippen molar-refractivity contribution < 1.29 is 13.9 Å². The molecule has 2 unspecified atom stereocenters. The molecule has 1 aliphatic rings. The fourth-order valence-corrected chi connectivity index (χ4v) is 2.51. The van der Waals surface area contributed by atoms with Gasteiger partial charge >= 0.3 is 0 Å². The van der Waals surface area contributed by atoms with E-state index in [1.54, 1.807) is 6.07 Å². The Morgan fingerprint density at radius 1 is 1.35 bits per heavy atom. The van der Waals surface area contributed by atoms with E-state index in [4.69, 9.17) is 0 Å². The van der Waals surface area contributed by atoms with Gasteiger partial charge in [-0.2, -0.15) is 0 Å². The number of nitrogens with zero attached hydrogens (tertiary/aromatic N) is 1. The minimum absolute atomic E-state index is 0.204. The SMILES string of the molecule is CCCN1CCC(O)C1c1ccc(F)c(F)c1. The van der Waals surface area contributed by atoms with E-state index in [9.17, 15) is 13.9 Å². The monoisotopic (exact) mass is 241 g/mol. The van der Waals surface area contributed by atoms with Crippen LogP contribution in [0.4, 0.5) is 8.78 Å². The van der Waals surface area contributed by atoms with E-state index in [2.05, 4.69) is 11.8 Å². The van der Waals surface area contributed by atoms with Crippen molar-refractivity contribution in [3.8, 4) is 0 Å².